The zero-order valence-electron chi connectivity index (χ0n) is 10.9. The highest BCUT2D eigenvalue weighted by atomic mass is 127. The molecule has 4 nitrogen and oxygen atoms in total. The van der Waals surface area contributed by atoms with Gasteiger partial charge in [0, 0.05) is 12.7 Å². The van der Waals surface area contributed by atoms with E-state index in [0.29, 0.717) is 19.8 Å². The van der Waals surface area contributed by atoms with Crippen LogP contribution >= 0.6 is 22.6 Å². The van der Waals surface area contributed by atoms with Crippen molar-refractivity contribution < 1.29 is 19.0 Å². The summed E-state index contributed by atoms with van der Waals surface area (Å²) < 4.78 is 16.6. The lowest BCUT2D eigenvalue weighted by Crippen LogP contribution is -2.11. The highest BCUT2D eigenvalue weighted by molar-refractivity contribution is 14.1. The van der Waals surface area contributed by atoms with Gasteiger partial charge in [-0.1, -0.05) is 42.0 Å². The molecule has 0 radical (unpaired) electrons. The van der Waals surface area contributed by atoms with E-state index in [1.807, 2.05) is 0 Å². The van der Waals surface area contributed by atoms with Gasteiger partial charge in [0.25, 0.3) is 0 Å². The van der Waals surface area contributed by atoms with Crippen molar-refractivity contribution in [3.05, 3.63) is 12.7 Å². The van der Waals surface area contributed by atoms with E-state index in [1.165, 1.54) is 23.7 Å². The summed E-state index contributed by atoms with van der Waals surface area (Å²) in [6.45, 7) is 5.91. The molecule has 0 spiro atoms. The Labute approximate surface area is 123 Å². The fourth-order valence-electron chi connectivity index (χ4n) is 1.23. The molecule has 0 heterocycles. The Morgan fingerprint density at radius 1 is 0.944 bits per heavy atom. The minimum Gasteiger partial charge on any atom is -0.460 e. The van der Waals surface area contributed by atoms with E-state index in [4.69, 9.17) is 14.2 Å². The number of halogens is 1. The van der Waals surface area contributed by atoms with E-state index < -0.39 is 5.97 Å². The summed E-state index contributed by atoms with van der Waals surface area (Å²) in [5.74, 6) is -0.415. The molecule has 106 valence electrons. The van der Waals surface area contributed by atoms with Gasteiger partial charge in [0.05, 0.1) is 19.8 Å². The molecule has 0 unspecified atom stereocenters. The van der Waals surface area contributed by atoms with Crippen molar-refractivity contribution >= 4 is 28.6 Å². The zero-order chi connectivity index (χ0) is 13.5. The molecule has 0 N–H and O–H groups in total. The molecule has 0 aromatic heterocycles. The summed E-state index contributed by atoms with van der Waals surface area (Å²) in [6.07, 6.45) is 6.08. The van der Waals surface area contributed by atoms with Crippen LogP contribution < -0.4 is 0 Å². The Kier molecular flexibility index (Phi) is 14.8. The van der Waals surface area contributed by atoms with Crippen LogP contribution in [0.5, 0.6) is 0 Å². The van der Waals surface area contributed by atoms with Crippen molar-refractivity contribution in [3.63, 3.8) is 0 Å². The third-order valence-corrected chi connectivity index (χ3v) is 2.95. The van der Waals surface area contributed by atoms with Crippen molar-refractivity contribution in [2.75, 3.05) is 37.5 Å². The van der Waals surface area contributed by atoms with Gasteiger partial charge in [-0.25, -0.2) is 4.79 Å². The summed E-state index contributed by atoms with van der Waals surface area (Å²) in [5, 5.41) is 0. The average Bonchev–Trinajstić information content (AvgIpc) is 2.39. The quantitative estimate of drug-likeness (QED) is 0.164. The highest BCUT2D eigenvalue weighted by Crippen LogP contribution is 2.02. The van der Waals surface area contributed by atoms with E-state index in [-0.39, 0.29) is 6.61 Å². The predicted octanol–water partition coefficient (Wildman–Crippen LogP) is 2.74. The molecule has 0 bridgehead atoms. The molecule has 0 aliphatic rings. The number of ether oxygens (including phenoxy) is 3. The van der Waals surface area contributed by atoms with Crippen LogP contribution in [0.2, 0.25) is 0 Å². The Balaban J connectivity index is 2.98. The second kappa shape index (κ2) is 14.9. The standard InChI is InChI=1S/C13H23IO4/c1-2-13(15)18-12-11-17-10-9-16-8-6-4-3-5-7-14/h2H,1,3-12H2. The van der Waals surface area contributed by atoms with Crippen LogP contribution in [0, 0.1) is 0 Å². The van der Waals surface area contributed by atoms with Crippen molar-refractivity contribution in [3.8, 4) is 0 Å². The monoisotopic (exact) mass is 370 g/mol. The van der Waals surface area contributed by atoms with Crippen LogP contribution in [0.25, 0.3) is 0 Å². The molecule has 0 saturated carbocycles. The lowest BCUT2D eigenvalue weighted by atomic mass is 10.2. The first kappa shape index (κ1) is 17.9. The summed E-state index contributed by atoms with van der Waals surface area (Å²) >= 11 is 2.40. The Morgan fingerprint density at radius 2 is 1.56 bits per heavy atom. The number of carbonyl (C=O) groups excluding carboxylic acids is 1. The van der Waals surface area contributed by atoms with E-state index in [2.05, 4.69) is 29.2 Å². The van der Waals surface area contributed by atoms with Crippen molar-refractivity contribution in [1.29, 1.82) is 0 Å². The van der Waals surface area contributed by atoms with Crippen LogP contribution in [-0.2, 0) is 19.0 Å². The largest absolute Gasteiger partial charge is 0.460 e. The number of hydrogen-bond acceptors (Lipinski definition) is 4. The molecular weight excluding hydrogens is 347 g/mol. The highest BCUT2D eigenvalue weighted by Gasteiger charge is 1.95. The van der Waals surface area contributed by atoms with Crippen molar-refractivity contribution in [2.45, 2.75) is 25.7 Å². The third kappa shape index (κ3) is 13.9. The van der Waals surface area contributed by atoms with E-state index >= 15 is 0 Å². The van der Waals surface area contributed by atoms with Gasteiger partial charge < -0.3 is 14.2 Å². The zero-order valence-corrected chi connectivity index (χ0v) is 13.0. The van der Waals surface area contributed by atoms with Gasteiger partial charge in [-0.3, -0.25) is 0 Å². The van der Waals surface area contributed by atoms with Gasteiger partial charge in [0.15, 0.2) is 0 Å². The van der Waals surface area contributed by atoms with Gasteiger partial charge in [-0.2, -0.15) is 0 Å². The van der Waals surface area contributed by atoms with Crippen LogP contribution in [0.15, 0.2) is 12.7 Å². The Morgan fingerprint density at radius 3 is 2.22 bits per heavy atom. The van der Waals surface area contributed by atoms with Gasteiger partial charge in [0.2, 0.25) is 0 Å². The molecular formula is C13H23IO4. The van der Waals surface area contributed by atoms with Crippen LogP contribution in [-0.4, -0.2) is 43.4 Å². The molecule has 0 saturated heterocycles. The second-order valence-electron chi connectivity index (χ2n) is 3.70. The minimum absolute atomic E-state index is 0.265. The van der Waals surface area contributed by atoms with E-state index in [1.54, 1.807) is 0 Å². The van der Waals surface area contributed by atoms with E-state index in [0.717, 1.165) is 19.1 Å². The Bertz CT molecular complexity index is 209. The van der Waals surface area contributed by atoms with Crippen molar-refractivity contribution in [1.82, 2.24) is 0 Å². The van der Waals surface area contributed by atoms with Crippen LogP contribution in [0.1, 0.15) is 25.7 Å². The number of alkyl halides is 1. The van der Waals surface area contributed by atoms with Gasteiger partial charge in [-0.05, 0) is 17.3 Å². The molecule has 18 heavy (non-hydrogen) atoms. The first-order valence-corrected chi connectivity index (χ1v) is 7.84. The third-order valence-electron chi connectivity index (χ3n) is 2.18. The molecule has 5 heteroatoms. The maximum atomic E-state index is 10.7. The fraction of sp³-hybridized carbons (Fsp3) is 0.769. The summed E-state index contributed by atoms with van der Waals surface area (Å²) in [5.41, 5.74) is 0. The van der Waals surface area contributed by atoms with Gasteiger partial charge >= 0.3 is 5.97 Å². The SMILES string of the molecule is C=CC(=O)OCCOCCOCCCCCCI. The molecule has 0 amide bonds. The van der Waals surface area contributed by atoms with Gasteiger partial charge in [0.1, 0.15) is 6.61 Å². The first-order valence-electron chi connectivity index (χ1n) is 6.32. The lowest BCUT2D eigenvalue weighted by Gasteiger charge is -2.06. The van der Waals surface area contributed by atoms with Gasteiger partial charge in [-0.15, -0.1) is 0 Å². The molecule has 0 aromatic rings. The average molecular weight is 370 g/mol. The normalized spacial score (nSPS) is 10.3. The summed E-state index contributed by atoms with van der Waals surface area (Å²) in [4.78, 5) is 10.7. The van der Waals surface area contributed by atoms with Crippen LogP contribution in [0.4, 0.5) is 0 Å². The molecule has 0 rings (SSSR count). The molecule has 0 atom stereocenters. The lowest BCUT2D eigenvalue weighted by molar-refractivity contribution is -0.139. The molecule has 0 aliphatic heterocycles. The first-order chi connectivity index (χ1) is 8.81. The number of esters is 1. The van der Waals surface area contributed by atoms with Crippen molar-refractivity contribution in [2.24, 2.45) is 0 Å². The number of hydrogen-bond donors (Lipinski definition) is 0. The molecule has 0 aromatic carbocycles. The van der Waals surface area contributed by atoms with E-state index in [9.17, 15) is 4.79 Å². The number of carbonyl (C=O) groups is 1. The smallest absolute Gasteiger partial charge is 0.330 e. The predicted molar refractivity (Wildman–Crippen MR) is 80.1 cm³/mol. The minimum atomic E-state index is -0.415. The summed E-state index contributed by atoms with van der Waals surface area (Å²) in [6, 6.07) is 0. The number of rotatable bonds is 13. The number of unbranched alkanes of at least 4 members (excludes halogenated alkanes) is 3. The Hall–Kier alpha value is -0.140. The summed E-state index contributed by atoms with van der Waals surface area (Å²) in [7, 11) is 0. The topological polar surface area (TPSA) is 44.8 Å². The van der Waals surface area contributed by atoms with Crippen LogP contribution in [0.3, 0.4) is 0 Å². The maximum Gasteiger partial charge on any atom is 0.330 e. The second-order valence-corrected chi connectivity index (χ2v) is 4.78. The molecule has 0 aliphatic carbocycles. The molecule has 0 fully saturated rings. The maximum absolute atomic E-state index is 10.7. The fourth-order valence-corrected chi connectivity index (χ4v) is 1.77.